The summed E-state index contributed by atoms with van der Waals surface area (Å²) >= 11 is 0. The number of fused-ring (bicyclic) bond motifs is 5. The lowest BCUT2D eigenvalue weighted by Gasteiger charge is -2.71. The Bertz CT molecular complexity index is 1120. The molecule has 0 amide bonds. The van der Waals surface area contributed by atoms with Crippen LogP contribution < -0.4 is 0 Å². The molecule has 46 heavy (non-hydrogen) atoms. The van der Waals surface area contributed by atoms with Crippen molar-refractivity contribution in [2.24, 2.45) is 45.3 Å². The highest BCUT2D eigenvalue weighted by Gasteiger charge is 2.73. The normalized spacial score (nSPS) is 51.9. The Balaban J connectivity index is 1.39. The highest BCUT2D eigenvalue weighted by atomic mass is 16.7. The minimum atomic E-state index is -1.52. The van der Waals surface area contributed by atoms with Gasteiger partial charge in [-0.05, 0) is 105 Å². The zero-order valence-corrected chi connectivity index (χ0v) is 29.0. The fraction of sp³-hybridized carbons (Fsp3) is 0.944. The molecule has 0 bridgehead atoms. The van der Waals surface area contributed by atoms with Crippen LogP contribution in [0.1, 0.15) is 99.8 Å². The van der Waals surface area contributed by atoms with Gasteiger partial charge in [-0.15, -0.1) is 0 Å². The monoisotopic (exact) mass is 654 g/mol. The zero-order valence-electron chi connectivity index (χ0n) is 29.0. The van der Waals surface area contributed by atoms with Crippen molar-refractivity contribution in [3.05, 3.63) is 11.6 Å². The van der Waals surface area contributed by atoms with E-state index in [1.807, 2.05) is 19.9 Å². The van der Waals surface area contributed by atoms with E-state index in [2.05, 4.69) is 34.6 Å². The maximum absolute atomic E-state index is 12.2. The van der Waals surface area contributed by atoms with Gasteiger partial charge in [-0.2, -0.15) is 0 Å². The molecule has 0 aromatic heterocycles. The van der Waals surface area contributed by atoms with Gasteiger partial charge >= 0.3 is 0 Å². The number of ether oxygens (including phenoxy) is 2. The summed E-state index contributed by atoms with van der Waals surface area (Å²) in [6, 6.07) is 0. The molecule has 0 radical (unpaired) electrons. The van der Waals surface area contributed by atoms with E-state index in [0.29, 0.717) is 32.1 Å². The zero-order chi connectivity index (χ0) is 34.2. The fourth-order valence-corrected chi connectivity index (χ4v) is 12.2. The van der Waals surface area contributed by atoms with Gasteiger partial charge in [0.05, 0.1) is 37.1 Å². The van der Waals surface area contributed by atoms with E-state index in [0.717, 1.165) is 24.8 Å². The molecule has 0 unspecified atom stereocenters. The van der Waals surface area contributed by atoms with Crippen LogP contribution in [0, 0.1) is 45.3 Å². The smallest absolute Gasteiger partial charge is 0.186 e. The molecule has 10 nitrogen and oxygen atoms in total. The van der Waals surface area contributed by atoms with E-state index in [9.17, 15) is 40.9 Å². The van der Waals surface area contributed by atoms with E-state index in [-0.39, 0.29) is 46.5 Å². The Morgan fingerprint density at radius 1 is 0.891 bits per heavy atom. The molecule has 16 atom stereocenters. The van der Waals surface area contributed by atoms with Crippen molar-refractivity contribution < 1.29 is 50.3 Å². The molecule has 1 aliphatic heterocycles. The minimum Gasteiger partial charge on any atom is -0.394 e. The van der Waals surface area contributed by atoms with Crippen molar-refractivity contribution in [1.29, 1.82) is 0 Å². The van der Waals surface area contributed by atoms with E-state index in [4.69, 9.17) is 9.47 Å². The lowest BCUT2D eigenvalue weighted by molar-refractivity contribution is -0.335. The molecule has 8 N–H and O–H groups in total. The SMILES string of the molecule is C/C(=C/CC[C@](C)(O)[C@H]1[C@H](O)C[C@]2(C)[C@@H]1CC[C@H]1[C@@]3(C)CC[C@H](O[C@@H]4O[C@H](CO)[C@@H](O)[C@H](O)[C@H]4O)C(C)(C)[C@@H]3[C@@H](O)C[C@]12C)CO. The van der Waals surface area contributed by atoms with E-state index < -0.39 is 66.6 Å². The summed E-state index contributed by atoms with van der Waals surface area (Å²) in [5.41, 5.74) is -1.54. The molecule has 5 rings (SSSR count). The third-order valence-corrected chi connectivity index (χ3v) is 14.5. The first-order valence-corrected chi connectivity index (χ1v) is 17.6. The average molecular weight is 655 g/mol. The topological polar surface area (TPSA) is 180 Å². The molecule has 4 saturated carbocycles. The van der Waals surface area contributed by atoms with Crippen LogP contribution >= 0.6 is 0 Å². The molecule has 5 aliphatic rings. The van der Waals surface area contributed by atoms with Gasteiger partial charge in [-0.25, -0.2) is 0 Å². The van der Waals surface area contributed by atoms with Crippen molar-refractivity contribution in [3.63, 3.8) is 0 Å². The van der Waals surface area contributed by atoms with Crippen molar-refractivity contribution in [1.82, 2.24) is 0 Å². The van der Waals surface area contributed by atoms with Crippen LogP contribution in [-0.4, -0.2) is 109 Å². The van der Waals surface area contributed by atoms with Crippen LogP contribution in [0.2, 0.25) is 0 Å². The van der Waals surface area contributed by atoms with E-state index >= 15 is 0 Å². The number of aliphatic hydroxyl groups is 8. The van der Waals surface area contributed by atoms with Gasteiger partial charge in [0.15, 0.2) is 6.29 Å². The largest absolute Gasteiger partial charge is 0.394 e. The summed E-state index contributed by atoms with van der Waals surface area (Å²) in [7, 11) is 0. The van der Waals surface area contributed by atoms with Crippen LogP contribution in [0.4, 0.5) is 0 Å². The molecule has 4 aliphatic carbocycles. The average Bonchev–Trinajstić information content (AvgIpc) is 3.25. The Morgan fingerprint density at radius 3 is 2.17 bits per heavy atom. The first-order valence-electron chi connectivity index (χ1n) is 17.6. The predicted molar refractivity (Wildman–Crippen MR) is 171 cm³/mol. The third-order valence-electron chi connectivity index (χ3n) is 14.5. The van der Waals surface area contributed by atoms with Gasteiger partial charge in [0, 0.05) is 5.92 Å². The van der Waals surface area contributed by atoms with Gasteiger partial charge in [-0.1, -0.05) is 46.3 Å². The summed E-state index contributed by atoms with van der Waals surface area (Å²) in [5, 5.41) is 86.0. The maximum atomic E-state index is 12.2. The standard InChI is InChI=1S/C36H62O10/c1-19(17-37)9-8-13-36(7,44)26-20-10-11-24-33(4)14-12-25(46-31-29(43)28(42)27(41)23(18-38)45-31)32(2,3)30(33)22(40)16-35(24,6)34(20,5)15-21(26)39/h9,20-31,37-44H,8,10-18H2,1-7H3/b19-9-/t20-,21-,22+,23-,24+,25+,26-,27-,28+,29-,30+,31+,33-,34-,35-,36+/m1/s1. The van der Waals surface area contributed by atoms with Gasteiger partial charge in [0.2, 0.25) is 0 Å². The Labute approximate surface area is 274 Å². The fourth-order valence-electron chi connectivity index (χ4n) is 12.2. The lowest BCUT2D eigenvalue weighted by Crippen LogP contribution is -2.68. The maximum Gasteiger partial charge on any atom is 0.186 e. The van der Waals surface area contributed by atoms with E-state index in [1.165, 1.54) is 0 Å². The van der Waals surface area contributed by atoms with Crippen LogP contribution in [0.15, 0.2) is 11.6 Å². The molecule has 5 fully saturated rings. The molecule has 266 valence electrons. The van der Waals surface area contributed by atoms with Crippen LogP contribution in [-0.2, 0) is 9.47 Å². The molecule has 0 aromatic carbocycles. The second-order valence-electron chi connectivity index (χ2n) is 17.4. The Kier molecular flexibility index (Phi) is 10.0. The number of hydrogen-bond acceptors (Lipinski definition) is 10. The first kappa shape index (κ1) is 36.6. The van der Waals surface area contributed by atoms with Gasteiger partial charge < -0.3 is 50.3 Å². The number of aliphatic hydroxyl groups excluding tert-OH is 7. The lowest BCUT2D eigenvalue weighted by atomic mass is 9.35. The molecule has 10 heteroatoms. The Morgan fingerprint density at radius 2 is 1.54 bits per heavy atom. The van der Waals surface area contributed by atoms with E-state index in [1.54, 1.807) is 0 Å². The second kappa shape index (κ2) is 12.6. The molecule has 0 spiro atoms. The van der Waals surface area contributed by atoms with Crippen molar-refractivity contribution in [2.75, 3.05) is 13.2 Å². The van der Waals surface area contributed by atoms with Crippen molar-refractivity contribution in [3.8, 4) is 0 Å². The number of allylic oxidation sites excluding steroid dienone is 1. The molecular weight excluding hydrogens is 592 g/mol. The summed E-state index contributed by atoms with van der Waals surface area (Å²) in [4.78, 5) is 0. The molecule has 1 heterocycles. The number of hydrogen-bond donors (Lipinski definition) is 8. The third kappa shape index (κ3) is 5.55. The van der Waals surface area contributed by atoms with Crippen LogP contribution in [0.5, 0.6) is 0 Å². The van der Waals surface area contributed by atoms with Gasteiger partial charge in [0.25, 0.3) is 0 Å². The highest BCUT2D eigenvalue weighted by Crippen LogP contribution is 2.76. The van der Waals surface area contributed by atoms with Gasteiger partial charge in [0.1, 0.15) is 24.4 Å². The first-order chi connectivity index (χ1) is 21.3. The number of rotatable bonds is 8. The summed E-state index contributed by atoms with van der Waals surface area (Å²) in [5.74, 6) is -0.0328. The second-order valence-corrected chi connectivity index (χ2v) is 17.4. The Hall–Kier alpha value is -0.660. The summed E-state index contributed by atoms with van der Waals surface area (Å²) in [6.07, 6.45) is -0.930. The molecule has 1 saturated heterocycles. The predicted octanol–water partition coefficient (Wildman–Crippen LogP) is 2.27. The van der Waals surface area contributed by atoms with Crippen LogP contribution in [0.25, 0.3) is 0 Å². The minimum absolute atomic E-state index is 0.00580. The van der Waals surface area contributed by atoms with Crippen molar-refractivity contribution in [2.45, 2.75) is 154 Å². The quantitative estimate of drug-likeness (QED) is 0.143. The molecular formula is C36H62O10. The van der Waals surface area contributed by atoms with Crippen LogP contribution in [0.3, 0.4) is 0 Å². The molecule has 0 aromatic rings. The summed E-state index contributed by atoms with van der Waals surface area (Å²) < 4.78 is 12.1. The van der Waals surface area contributed by atoms with Crippen molar-refractivity contribution >= 4 is 0 Å². The van der Waals surface area contributed by atoms with Gasteiger partial charge in [-0.3, -0.25) is 0 Å². The summed E-state index contributed by atoms with van der Waals surface area (Å²) in [6.45, 7) is 14.3. The highest BCUT2D eigenvalue weighted by molar-refractivity contribution is 5.21.